The molecule has 1 heterocycles. The molecular formula is C15H16Br2FNS. The average molecular weight is 421 g/mol. The van der Waals surface area contributed by atoms with Crippen LogP contribution in [0.25, 0.3) is 0 Å². The predicted molar refractivity (Wildman–Crippen MR) is 91.0 cm³/mol. The van der Waals surface area contributed by atoms with Gasteiger partial charge in [0.05, 0.1) is 9.83 Å². The van der Waals surface area contributed by atoms with E-state index in [0.717, 1.165) is 32.4 Å². The van der Waals surface area contributed by atoms with E-state index in [9.17, 15) is 4.39 Å². The number of thiophene rings is 1. The second-order valence-electron chi connectivity index (χ2n) is 4.72. The van der Waals surface area contributed by atoms with Crippen LogP contribution in [0, 0.1) is 12.7 Å². The Bertz CT molecular complexity index is 558. The van der Waals surface area contributed by atoms with Crippen LogP contribution in [0.15, 0.2) is 32.5 Å². The summed E-state index contributed by atoms with van der Waals surface area (Å²) in [5, 5.41) is 3.50. The molecule has 0 saturated carbocycles. The van der Waals surface area contributed by atoms with Crippen LogP contribution in [0.2, 0.25) is 0 Å². The Labute approximate surface area is 139 Å². The lowest BCUT2D eigenvalue weighted by atomic mass is 10.0. The minimum Gasteiger partial charge on any atom is -0.306 e. The van der Waals surface area contributed by atoms with Gasteiger partial charge in [0.1, 0.15) is 5.82 Å². The summed E-state index contributed by atoms with van der Waals surface area (Å²) < 4.78 is 15.8. The van der Waals surface area contributed by atoms with Crippen molar-refractivity contribution in [3.8, 4) is 0 Å². The Hall–Kier alpha value is -0.230. The first-order valence-corrected chi connectivity index (χ1v) is 8.86. The van der Waals surface area contributed by atoms with Crippen molar-refractivity contribution in [3.63, 3.8) is 0 Å². The van der Waals surface area contributed by atoms with E-state index in [0.29, 0.717) is 0 Å². The van der Waals surface area contributed by atoms with Crippen molar-refractivity contribution >= 4 is 43.2 Å². The Kier molecular flexibility index (Phi) is 5.78. The van der Waals surface area contributed by atoms with Crippen molar-refractivity contribution in [1.29, 1.82) is 0 Å². The van der Waals surface area contributed by atoms with Crippen molar-refractivity contribution in [1.82, 2.24) is 5.32 Å². The van der Waals surface area contributed by atoms with Gasteiger partial charge in [0.2, 0.25) is 0 Å². The lowest BCUT2D eigenvalue weighted by molar-refractivity contribution is 0.590. The Morgan fingerprint density at radius 3 is 2.55 bits per heavy atom. The fourth-order valence-electron chi connectivity index (χ4n) is 2.11. The summed E-state index contributed by atoms with van der Waals surface area (Å²) in [5.74, 6) is -0.182. The van der Waals surface area contributed by atoms with Crippen LogP contribution < -0.4 is 5.32 Å². The Morgan fingerprint density at radius 1 is 1.25 bits per heavy atom. The zero-order chi connectivity index (χ0) is 14.7. The van der Waals surface area contributed by atoms with Crippen LogP contribution in [0.5, 0.6) is 0 Å². The topological polar surface area (TPSA) is 12.0 Å². The predicted octanol–water partition coefficient (Wildman–Crippen LogP) is 5.81. The second kappa shape index (κ2) is 7.16. The fraction of sp³-hybridized carbons (Fsp3) is 0.333. The van der Waals surface area contributed by atoms with E-state index in [1.165, 1.54) is 4.88 Å². The Morgan fingerprint density at radius 2 is 2.00 bits per heavy atom. The van der Waals surface area contributed by atoms with E-state index in [1.54, 1.807) is 23.5 Å². The summed E-state index contributed by atoms with van der Waals surface area (Å²) in [6, 6.07) is 7.32. The van der Waals surface area contributed by atoms with Gasteiger partial charge in [-0.2, -0.15) is 0 Å². The SMILES string of the molecule is CCCNC(c1cc(C)cc(F)c1)c1cc(Br)c(Br)s1. The van der Waals surface area contributed by atoms with Crippen molar-refractivity contribution < 1.29 is 4.39 Å². The van der Waals surface area contributed by atoms with E-state index in [2.05, 4.69) is 50.2 Å². The molecule has 1 unspecified atom stereocenters. The normalized spacial score (nSPS) is 12.7. The van der Waals surface area contributed by atoms with E-state index in [1.807, 2.05) is 13.0 Å². The molecule has 1 N–H and O–H groups in total. The van der Waals surface area contributed by atoms with Gasteiger partial charge in [-0.15, -0.1) is 11.3 Å². The van der Waals surface area contributed by atoms with Crippen LogP contribution in [-0.2, 0) is 0 Å². The van der Waals surface area contributed by atoms with Gasteiger partial charge in [0.25, 0.3) is 0 Å². The molecule has 20 heavy (non-hydrogen) atoms. The van der Waals surface area contributed by atoms with Gasteiger partial charge in [-0.25, -0.2) is 4.39 Å². The highest BCUT2D eigenvalue weighted by Crippen LogP contribution is 2.37. The monoisotopic (exact) mass is 419 g/mol. The molecule has 2 aromatic rings. The minimum absolute atomic E-state index is 0.0250. The molecule has 1 atom stereocenters. The number of aryl methyl sites for hydroxylation is 1. The van der Waals surface area contributed by atoms with Crippen molar-refractivity contribution in [2.24, 2.45) is 0 Å². The lowest BCUT2D eigenvalue weighted by Crippen LogP contribution is -2.22. The highest BCUT2D eigenvalue weighted by atomic mass is 79.9. The average Bonchev–Trinajstić information content (AvgIpc) is 2.69. The molecule has 0 bridgehead atoms. The van der Waals surface area contributed by atoms with Gasteiger partial charge in [-0.1, -0.05) is 13.0 Å². The highest BCUT2D eigenvalue weighted by Gasteiger charge is 2.18. The highest BCUT2D eigenvalue weighted by molar-refractivity contribution is 9.13. The zero-order valence-corrected chi connectivity index (χ0v) is 15.3. The van der Waals surface area contributed by atoms with Gasteiger partial charge in [0.15, 0.2) is 0 Å². The van der Waals surface area contributed by atoms with Gasteiger partial charge in [-0.05, 0) is 81.1 Å². The number of hydrogen-bond acceptors (Lipinski definition) is 2. The summed E-state index contributed by atoms with van der Waals surface area (Å²) in [7, 11) is 0. The quantitative estimate of drug-likeness (QED) is 0.643. The number of nitrogens with one attached hydrogen (secondary N) is 1. The molecule has 2 rings (SSSR count). The number of benzene rings is 1. The molecule has 0 fully saturated rings. The van der Waals surface area contributed by atoms with E-state index in [4.69, 9.17) is 0 Å². The molecule has 0 spiro atoms. The molecule has 0 aliphatic carbocycles. The van der Waals surface area contributed by atoms with Gasteiger partial charge < -0.3 is 5.32 Å². The minimum atomic E-state index is -0.182. The molecule has 0 radical (unpaired) electrons. The van der Waals surface area contributed by atoms with E-state index < -0.39 is 0 Å². The number of rotatable bonds is 5. The van der Waals surface area contributed by atoms with Crippen LogP contribution in [0.4, 0.5) is 4.39 Å². The zero-order valence-electron chi connectivity index (χ0n) is 11.3. The first-order chi connectivity index (χ1) is 9.51. The largest absolute Gasteiger partial charge is 0.306 e. The molecule has 0 aliphatic rings. The molecule has 0 aliphatic heterocycles. The van der Waals surface area contributed by atoms with Gasteiger partial charge in [-0.3, -0.25) is 0 Å². The maximum absolute atomic E-state index is 13.7. The molecule has 108 valence electrons. The van der Waals surface area contributed by atoms with E-state index >= 15 is 0 Å². The number of hydrogen-bond donors (Lipinski definition) is 1. The molecule has 1 aromatic heterocycles. The smallest absolute Gasteiger partial charge is 0.123 e. The van der Waals surface area contributed by atoms with Crippen molar-refractivity contribution in [3.05, 3.63) is 54.3 Å². The summed E-state index contributed by atoms with van der Waals surface area (Å²) >= 11 is 8.70. The maximum Gasteiger partial charge on any atom is 0.123 e. The van der Waals surface area contributed by atoms with Crippen LogP contribution in [0.1, 0.15) is 35.4 Å². The molecule has 1 nitrogen and oxygen atoms in total. The third-order valence-corrected chi connectivity index (χ3v) is 6.27. The molecular weight excluding hydrogens is 405 g/mol. The van der Waals surface area contributed by atoms with Crippen molar-refractivity contribution in [2.45, 2.75) is 26.3 Å². The molecule has 1 aromatic carbocycles. The number of halogens is 3. The fourth-order valence-corrected chi connectivity index (χ4v) is 4.30. The first-order valence-electron chi connectivity index (χ1n) is 6.46. The lowest BCUT2D eigenvalue weighted by Gasteiger charge is -2.18. The van der Waals surface area contributed by atoms with Crippen molar-refractivity contribution in [2.75, 3.05) is 6.54 Å². The van der Waals surface area contributed by atoms with Gasteiger partial charge >= 0.3 is 0 Å². The third-order valence-electron chi connectivity index (χ3n) is 2.94. The van der Waals surface area contributed by atoms with E-state index in [-0.39, 0.29) is 11.9 Å². The Balaban J connectivity index is 2.40. The molecule has 5 heteroatoms. The third kappa shape index (κ3) is 3.91. The maximum atomic E-state index is 13.7. The summed E-state index contributed by atoms with van der Waals surface area (Å²) in [4.78, 5) is 1.17. The van der Waals surface area contributed by atoms with Crippen LogP contribution >= 0.6 is 43.2 Å². The summed E-state index contributed by atoms with van der Waals surface area (Å²) in [6.07, 6.45) is 1.04. The summed E-state index contributed by atoms with van der Waals surface area (Å²) in [5.41, 5.74) is 1.91. The summed E-state index contributed by atoms with van der Waals surface area (Å²) in [6.45, 7) is 4.94. The van der Waals surface area contributed by atoms with Gasteiger partial charge in [0, 0.05) is 9.35 Å². The van der Waals surface area contributed by atoms with Crippen LogP contribution in [-0.4, -0.2) is 6.54 Å². The molecule has 0 amide bonds. The standard InChI is InChI=1S/C15H16Br2FNS/c1-3-4-19-14(13-8-12(16)15(17)20-13)10-5-9(2)6-11(18)7-10/h5-8,14,19H,3-4H2,1-2H3. The molecule has 0 saturated heterocycles. The second-order valence-corrected chi connectivity index (χ2v) is 7.98. The van der Waals surface area contributed by atoms with Crippen LogP contribution in [0.3, 0.4) is 0 Å². The first kappa shape index (κ1) is 16.1.